The Labute approximate surface area is 257 Å². The maximum atomic E-state index is 13.1. The van der Waals surface area contributed by atoms with Crippen LogP contribution in [-0.4, -0.2) is 22.8 Å². The summed E-state index contributed by atoms with van der Waals surface area (Å²) < 4.78 is 0. The Morgan fingerprint density at radius 2 is 1.48 bits per heavy atom. The zero-order chi connectivity index (χ0) is 31.1. The van der Waals surface area contributed by atoms with Gasteiger partial charge in [-0.1, -0.05) is 67.6 Å². The third-order valence-electron chi connectivity index (χ3n) is 7.70. The quantitative estimate of drug-likeness (QED) is 0.184. The van der Waals surface area contributed by atoms with Crippen LogP contribution in [0.15, 0.2) is 127 Å². The first-order valence-electron chi connectivity index (χ1n) is 14.6. The average Bonchev–Trinajstić information content (AvgIpc) is 3.04. The van der Waals surface area contributed by atoms with Crippen LogP contribution in [-0.2, 0) is 9.59 Å². The van der Waals surface area contributed by atoms with E-state index in [-0.39, 0.29) is 17.7 Å². The first kappa shape index (κ1) is 30.3. The van der Waals surface area contributed by atoms with Crippen LogP contribution in [0.2, 0.25) is 0 Å². The zero-order valence-corrected chi connectivity index (χ0v) is 24.7. The number of amides is 3. The lowest BCUT2D eigenvalue weighted by atomic mass is 9.81. The lowest BCUT2D eigenvalue weighted by Gasteiger charge is -2.26. The molecule has 5 rings (SSSR count). The van der Waals surface area contributed by atoms with Gasteiger partial charge in [0, 0.05) is 39.5 Å². The molecular weight excluding hydrogens is 552 g/mol. The smallest absolute Gasteiger partial charge is 0.255 e. The molecule has 8 heteroatoms. The van der Waals surface area contributed by atoms with E-state index in [9.17, 15) is 19.5 Å². The standard InChI is InChI=1S/C36H36N4O4/c1-24-8-14-29(15-9-24)38-34(43)27-20-22-36(2,23-21-27)35(44)40-31-18-16-30(17-19-31)39-33(42)26-12-10-25(11-13-26)32(41)37-28-6-4-3-5-7-28/h3-8,10-22,24,32,37,41H,9,23H2,1-2H3,(H,38,43)(H,39,42)(H,40,44). The molecule has 0 saturated carbocycles. The van der Waals surface area contributed by atoms with E-state index < -0.39 is 11.6 Å². The minimum absolute atomic E-state index is 0.194. The van der Waals surface area contributed by atoms with Gasteiger partial charge in [-0.05, 0) is 80.3 Å². The van der Waals surface area contributed by atoms with E-state index in [1.165, 1.54) is 0 Å². The fourth-order valence-electron chi connectivity index (χ4n) is 4.80. The minimum atomic E-state index is -0.910. The number of hydrogen-bond donors (Lipinski definition) is 5. The Hall–Kier alpha value is -5.21. The van der Waals surface area contributed by atoms with E-state index in [4.69, 9.17) is 0 Å². The first-order chi connectivity index (χ1) is 21.2. The minimum Gasteiger partial charge on any atom is -0.369 e. The summed E-state index contributed by atoms with van der Waals surface area (Å²) in [7, 11) is 0. The van der Waals surface area contributed by atoms with Gasteiger partial charge in [0.2, 0.25) is 5.91 Å². The van der Waals surface area contributed by atoms with Gasteiger partial charge in [-0.2, -0.15) is 0 Å². The molecule has 3 atom stereocenters. The molecule has 2 aliphatic rings. The predicted molar refractivity (Wildman–Crippen MR) is 174 cm³/mol. The number of aliphatic hydroxyl groups excluding tert-OH is 1. The van der Waals surface area contributed by atoms with Gasteiger partial charge in [-0.3, -0.25) is 14.4 Å². The maximum Gasteiger partial charge on any atom is 0.255 e. The number of aliphatic hydroxyl groups is 1. The van der Waals surface area contributed by atoms with E-state index in [1.807, 2.05) is 49.4 Å². The Bertz CT molecular complexity index is 1640. The second-order valence-electron chi connectivity index (χ2n) is 11.3. The summed E-state index contributed by atoms with van der Waals surface area (Å²) in [4.78, 5) is 38.6. The summed E-state index contributed by atoms with van der Waals surface area (Å²) in [6.07, 6.45) is 11.6. The van der Waals surface area contributed by atoms with Gasteiger partial charge in [-0.25, -0.2) is 0 Å². The van der Waals surface area contributed by atoms with Gasteiger partial charge in [0.25, 0.3) is 11.8 Å². The number of hydrogen-bond acceptors (Lipinski definition) is 5. The molecule has 0 aromatic heterocycles. The molecule has 3 aromatic carbocycles. The monoisotopic (exact) mass is 588 g/mol. The molecule has 0 aliphatic heterocycles. The Morgan fingerprint density at radius 1 is 0.795 bits per heavy atom. The van der Waals surface area contributed by atoms with E-state index in [0.717, 1.165) is 17.8 Å². The molecule has 0 radical (unpaired) electrons. The average molecular weight is 589 g/mol. The molecule has 3 aromatic rings. The molecule has 0 heterocycles. The third kappa shape index (κ3) is 7.59. The Morgan fingerprint density at radius 3 is 2.09 bits per heavy atom. The van der Waals surface area contributed by atoms with Gasteiger partial charge in [0.1, 0.15) is 0 Å². The van der Waals surface area contributed by atoms with Crippen molar-refractivity contribution in [3.63, 3.8) is 0 Å². The van der Waals surface area contributed by atoms with Crippen LogP contribution >= 0.6 is 0 Å². The summed E-state index contributed by atoms with van der Waals surface area (Å²) in [6, 6.07) is 23.0. The number of benzene rings is 3. The van der Waals surface area contributed by atoms with E-state index in [1.54, 1.807) is 66.8 Å². The van der Waals surface area contributed by atoms with Crippen molar-refractivity contribution in [1.29, 1.82) is 0 Å². The topological polar surface area (TPSA) is 120 Å². The van der Waals surface area contributed by atoms with Gasteiger partial charge in [0.15, 0.2) is 6.23 Å². The summed E-state index contributed by atoms with van der Waals surface area (Å²) >= 11 is 0. The van der Waals surface area contributed by atoms with Crippen LogP contribution in [0.25, 0.3) is 0 Å². The molecule has 0 spiro atoms. The second-order valence-corrected chi connectivity index (χ2v) is 11.3. The van der Waals surface area contributed by atoms with Crippen molar-refractivity contribution in [2.24, 2.45) is 11.3 Å². The molecule has 44 heavy (non-hydrogen) atoms. The number of nitrogens with one attached hydrogen (secondary N) is 4. The molecule has 2 aliphatic carbocycles. The molecule has 224 valence electrons. The van der Waals surface area contributed by atoms with E-state index >= 15 is 0 Å². The highest BCUT2D eigenvalue weighted by atomic mass is 16.3. The van der Waals surface area contributed by atoms with Crippen LogP contribution in [0.5, 0.6) is 0 Å². The molecule has 0 saturated heterocycles. The fraction of sp³-hybridized carbons (Fsp3) is 0.194. The molecule has 5 N–H and O–H groups in total. The van der Waals surface area contributed by atoms with Crippen molar-refractivity contribution in [2.45, 2.75) is 32.9 Å². The Kier molecular flexibility index (Phi) is 9.21. The predicted octanol–water partition coefficient (Wildman–Crippen LogP) is 6.47. The van der Waals surface area contributed by atoms with Crippen LogP contribution in [0.4, 0.5) is 17.1 Å². The highest BCUT2D eigenvalue weighted by Gasteiger charge is 2.32. The van der Waals surface area contributed by atoms with Crippen LogP contribution in [0, 0.1) is 11.3 Å². The first-order valence-corrected chi connectivity index (χ1v) is 14.6. The summed E-state index contributed by atoms with van der Waals surface area (Å²) in [6.45, 7) is 3.95. The molecule has 0 bridgehead atoms. The van der Waals surface area contributed by atoms with Gasteiger partial charge in [-0.15, -0.1) is 0 Å². The molecule has 0 fully saturated rings. The van der Waals surface area contributed by atoms with Gasteiger partial charge < -0.3 is 26.4 Å². The molecule has 8 nitrogen and oxygen atoms in total. The summed E-state index contributed by atoms with van der Waals surface area (Å²) in [5.41, 5.74) is 3.52. The SMILES string of the molecule is CC1C=CC(NC(=O)C2=CCC(C)(C(=O)Nc3ccc(NC(=O)c4ccc(C(O)Nc5ccccc5)cc4)cc3)C=C2)=CC1. The number of carbonyl (C=O) groups excluding carboxylic acids is 3. The lowest BCUT2D eigenvalue weighted by Crippen LogP contribution is -2.33. The van der Waals surface area contributed by atoms with Gasteiger partial charge in [0.05, 0.1) is 5.41 Å². The van der Waals surface area contributed by atoms with Crippen LogP contribution in [0.1, 0.15) is 48.8 Å². The third-order valence-corrected chi connectivity index (χ3v) is 7.70. The number of carbonyl (C=O) groups is 3. The zero-order valence-electron chi connectivity index (χ0n) is 24.7. The van der Waals surface area contributed by atoms with Crippen molar-refractivity contribution < 1.29 is 19.5 Å². The van der Waals surface area contributed by atoms with E-state index in [2.05, 4.69) is 34.3 Å². The van der Waals surface area contributed by atoms with E-state index in [0.29, 0.717) is 40.4 Å². The lowest BCUT2D eigenvalue weighted by molar-refractivity contribution is -0.122. The van der Waals surface area contributed by atoms with Gasteiger partial charge >= 0.3 is 0 Å². The molecule has 3 amide bonds. The summed E-state index contributed by atoms with van der Waals surface area (Å²) in [5.74, 6) is -0.222. The number of anilines is 3. The largest absolute Gasteiger partial charge is 0.369 e. The fourth-order valence-corrected chi connectivity index (χ4v) is 4.80. The summed E-state index contributed by atoms with van der Waals surface area (Å²) in [5, 5.41) is 22.2. The van der Waals surface area contributed by atoms with Crippen LogP contribution < -0.4 is 21.3 Å². The highest BCUT2D eigenvalue weighted by molar-refractivity contribution is 6.04. The Balaban J connectivity index is 1.11. The number of allylic oxidation sites excluding steroid dienone is 4. The molecule has 3 unspecified atom stereocenters. The normalized spacial score (nSPS) is 19.7. The molecular formula is C36H36N4O4. The van der Waals surface area contributed by atoms with Crippen molar-refractivity contribution in [1.82, 2.24) is 5.32 Å². The highest BCUT2D eigenvalue weighted by Crippen LogP contribution is 2.31. The number of para-hydroxylation sites is 1. The van der Waals surface area contributed by atoms with Crippen molar-refractivity contribution in [3.05, 3.63) is 138 Å². The van der Waals surface area contributed by atoms with Crippen molar-refractivity contribution in [2.75, 3.05) is 16.0 Å². The van der Waals surface area contributed by atoms with Crippen molar-refractivity contribution >= 4 is 34.8 Å². The van der Waals surface area contributed by atoms with Crippen LogP contribution in [0.3, 0.4) is 0 Å². The maximum absolute atomic E-state index is 13.1. The number of rotatable bonds is 9. The second kappa shape index (κ2) is 13.4. The van der Waals surface area contributed by atoms with Crippen molar-refractivity contribution in [3.8, 4) is 0 Å².